The Morgan fingerprint density at radius 3 is 2.60 bits per heavy atom. The number of thiophene rings is 1. The summed E-state index contributed by atoms with van der Waals surface area (Å²) >= 11 is 0.268. The van der Waals surface area contributed by atoms with Gasteiger partial charge in [-0.15, -0.1) is 0 Å². The first-order valence-corrected chi connectivity index (χ1v) is 12.7. The van der Waals surface area contributed by atoms with Crippen molar-refractivity contribution in [2.75, 3.05) is 13.7 Å². The summed E-state index contributed by atoms with van der Waals surface area (Å²) in [6, 6.07) is 13.4. The molecule has 3 rings (SSSR count). The minimum absolute atomic E-state index is 0.0587. The van der Waals surface area contributed by atoms with E-state index in [0.717, 1.165) is 25.8 Å². The van der Waals surface area contributed by atoms with Gasteiger partial charge < -0.3 is 0 Å². The molecule has 0 bridgehead atoms. The van der Waals surface area contributed by atoms with Crippen LogP contribution in [0.2, 0.25) is 0 Å². The van der Waals surface area contributed by atoms with Crippen LogP contribution in [0.15, 0.2) is 42.5 Å². The molecule has 1 atom stereocenters. The SMILES string of the molecule is CCOC(=O)Cc1ccccc1[AsH]C(=O)c1sc2ccc(OC)cc2c1OC(C)C. The molecule has 3 aromatic rings. The fourth-order valence-corrected chi connectivity index (χ4v) is 6.64. The Hall–Kier alpha value is -2.30. The van der Waals surface area contributed by atoms with Gasteiger partial charge in [-0.25, -0.2) is 0 Å². The number of hydrogen-bond donors (Lipinski definition) is 0. The van der Waals surface area contributed by atoms with Crippen LogP contribution in [-0.4, -0.2) is 46.1 Å². The van der Waals surface area contributed by atoms with Gasteiger partial charge in [0, 0.05) is 0 Å². The number of esters is 1. The Morgan fingerprint density at radius 1 is 1.13 bits per heavy atom. The molecule has 158 valence electrons. The second kappa shape index (κ2) is 10.1. The van der Waals surface area contributed by atoms with E-state index in [2.05, 4.69) is 0 Å². The van der Waals surface area contributed by atoms with E-state index in [4.69, 9.17) is 14.2 Å². The molecule has 0 aliphatic rings. The van der Waals surface area contributed by atoms with E-state index in [1.165, 1.54) is 11.3 Å². The quantitative estimate of drug-likeness (QED) is 0.340. The van der Waals surface area contributed by atoms with E-state index in [-0.39, 0.29) is 23.1 Å². The fourth-order valence-electron chi connectivity index (χ4n) is 3.03. The molecule has 7 heteroatoms. The van der Waals surface area contributed by atoms with Crippen LogP contribution in [0.25, 0.3) is 10.1 Å². The molecular weight excluding hydrogens is 463 g/mol. The topological polar surface area (TPSA) is 61.8 Å². The normalized spacial score (nSPS) is 11.4. The van der Waals surface area contributed by atoms with Crippen molar-refractivity contribution in [2.24, 2.45) is 0 Å². The van der Waals surface area contributed by atoms with Gasteiger partial charge in [-0.2, -0.15) is 0 Å². The van der Waals surface area contributed by atoms with Gasteiger partial charge in [0.05, 0.1) is 0 Å². The zero-order valence-corrected chi connectivity index (χ0v) is 20.4. The van der Waals surface area contributed by atoms with Crippen LogP contribution < -0.4 is 13.8 Å². The van der Waals surface area contributed by atoms with Gasteiger partial charge in [0.15, 0.2) is 0 Å². The summed E-state index contributed by atoms with van der Waals surface area (Å²) < 4.78 is 18.5. The summed E-state index contributed by atoms with van der Waals surface area (Å²) in [5.74, 6) is 1.08. The number of carbonyl (C=O) groups is 2. The zero-order chi connectivity index (χ0) is 21.7. The molecule has 0 saturated heterocycles. The zero-order valence-electron chi connectivity index (χ0n) is 17.5. The molecule has 0 saturated carbocycles. The summed E-state index contributed by atoms with van der Waals surface area (Å²) in [7, 11) is 1.62. The van der Waals surface area contributed by atoms with Crippen LogP contribution >= 0.6 is 11.3 Å². The van der Waals surface area contributed by atoms with Crippen molar-refractivity contribution in [3.8, 4) is 11.5 Å². The fraction of sp³-hybridized carbons (Fsp3) is 0.304. The molecule has 2 aromatic carbocycles. The van der Waals surface area contributed by atoms with E-state index in [0.29, 0.717) is 17.2 Å². The van der Waals surface area contributed by atoms with Crippen LogP contribution in [0.4, 0.5) is 0 Å². The van der Waals surface area contributed by atoms with Crippen LogP contribution in [0, 0.1) is 0 Å². The van der Waals surface area contributed by atoms with Gasteiger partial charge in [-0.1, -0.05) is 0 Å². The molecule has 0 amide bonds. The Labute approximate surface area is 187 Å². The first-order valence-electron chi connectivity index (χ1n) is 9.75. The third-order valence-electron chi connectivity index (χ3n) is 4.32. The van der Waals surface area contributed by atoms with Gasteiger partial charge in [0.25, 0.3) is 0 Å². The standard InChI is InChI=1S/C23H25AsO5S/c1-5-28-20(25)12-15-8-6-7-9-18(15)24-23(26)22-21(29-14(2)3)17-13-16(27-4)10-11-19(17)30-22/h6-11,13-14,24H,5,12H2,1-4H3. The summed E-state index contributed by atoms with van der Waals surface area (Å²) in [4.78, 5) is 25.9. The van der Waals surface area contributed by atoms with Crippen molar-refractivity contribution >= 4 is 52.1 Å². The monoisotopic (exact) mass is 488 g/mol. The maximum absolute atomic E-state index is 13.3. The van der Waals surface area contributed by atoms with Gasteiger partial charge in [-0.05, 0) is 0 Å². The molecule has 30 heavy (non-hydrogen) atoms. The van der Waals surface area contributed by atoms with Gasteiger partial charge >= 0.3 is 187 Å². The minimum atomic E-state index is -1.18. The number of fused-ring (bicyclic) bond motifs is 1. The van der Waals surface area contributed by atoms with Crippen LogP contribution in [-0.2, 0) is 16.0 Å². The third-order valence-corrected chi connectivity index (χ3v) is 8.44. The Balaban J connectivity index is 1.95. The number of hydrogen-bond acceptors (Lipinski definition) is 6. The summed E-state index contributed by atoms with van der Waals surface area (Å²) in [6.45, 7) is 6.02. The Morgan fingerprint density at radius 2 is 1.90 bits per heavy atom. The van der Waals surface area contributed by atoms with Crippen molar-refractivity contribution < 1.29 is 23.8 Å². The van der Waals surface area contributed by atoms with E-state index in [9.17, 15) is 9.59 Å². The summed E-state index contributed by atoms with van der Waals surface area (Å²) in [5.41, 5.74) is 0.860. The average Bonchev–Trinajstić information content (AvgIpc) is 3.06. The van der Waals surface area contributed by atoms with Crippen molar-refractivity contribution in [1.82, 2.24) is 0 Å². The second-order valence-electron chi connectivity index (χ2n) is 6.88. The molecule has 0 aliphatic carbocycles. The van der Waals surface area contributed by atoms with Crippen LogP contribution in [0.3, 0.4) is 0 Å². The number of benzene rings is 2. The number of methoxy groups -OCH3 is 1. The van der Waals surface area contributed by atoms with Gasteiger partial charge in [0.1, 0.15) is 0 Å². The summed E-state index contributed by atoms with van der Waals surface area (Å²) in [6.07, 6.45) is 0.122. The molecule has 1 heterocycles. The molecule has 0 N–H and O–H groups in total. The van der Waals surface area contributed by atoms with Crippen molar-refractivity contribution in [3.63, 3.8) is 0 Å². The molecule has 1 unspecified atom stereocenters. The van der Waals surface area contributed by atoms with Gasteiger partial charge in [0.2, 0.25) is 0 Å². The Kier molecular flexibility index (Phi) is 7.57. The van der Waals surface area contributed by atoms with E-state index < -0.39 is 15.8 Å². The number of ether oxygens (including phenoxy) is 3. The predicted octanol–water partition coefficient (Wildman–Crippen LogP) is 3.70. The Bertz CT molecular complexity index is 1060. The third kappa shape index (κ3) is 5.24. The maximum atomic E-state index is 13.3. The number of rotatable bonds is 9. The first-order chi connectivity index (χ1) is 14.4. The van der Waals surface area contributed by atoms with E-state index in [1.807, 2.05) is 56.3 Å². The molecule has 0 spiro atoms. The van der Waals surface area contributed by atoms with Crippen LogP contribution in [0.5, 0.6) is 11.5 Å². The van der Waals surface area contributed by atoms with Crippen molar-refractivity contribution in [2.45, 2.75) is 33.3 Å². The molecular formula is C23H25AsO5S. The summed E-state index contributed by atoms with van der Waals surface area (Å²) in [5, 5.41) is 0.891. The number of carbonyl (C=O) groups excluding carboxylic acids is 2. The molecule has 0 aliphatic heterocycles. The molecule has 0 fully saturated rings. The van der Waals surface area contributed by atoms with Crippen molar-refractivity contribution in [1.29, 1.82) is 0 Å². The van der Waals surface area contributed by atoms with E-state index >= 15 is 0 Å². The van der Waals surface area contributed by atoms with Crippen molar-refractivity contribution in [3.05, 3.63) is 52.9 Å². The van der Waals surface area contributed by atoms with E-state index in [1.54, 1.807) is 14.0 Å². The molecule has 1 aromatic heterocycles. The predicted molar refractivity (Wildman–Crippen MR) is 122 cm³/mol. The van der Waals surface area contributed by atoms with Gasteiger partial charge in [-0.3, -0.25) is 0 Å². The molecule has 0 radical (unpaired) electrons. The molecule has 5 nitrogen and oxygen atoms in total. The first kappa shape index (κ1) is 22.4. The second-order valence-corrected chi connectivity index (χ2v) is 10.5. The average molecular weight is 488 g/mol. The van der Waals surface area contributed by atoms with Crippen LogP contribution in [0.1, 0.15) is 36.0 Å².